The Morgan fingerprint density at radius 3 is 2.62 bits per heavy atom. The summed E-state index contributed by atoms with van der Waals surface area (Å²) < 4.78 is 26.2. The fourth-order valence-electron chi connectivity index (χ4n) is 3.03. The Bertz CT molecular complexity index is 716. The van der Waals surface area contributed by atoms with Crippen LogP contribution in [0.2, 0.25) is 0 Å². The number of hydrogen-bond acceptors (Lipinski definition) is 2. The van der Waals surface area contributed by atoms with Gasteiger partial charge in [0.25, 0.3) is 0 Å². The van der Waals surface area contributed by atoms with Gasteiger partial charge in [0.05, 0.1) is 6.54 Å². The van der Waals surface area contributed by atoms with E-state index in [-0.39, 0.29) is 24.1 Å². The average Bonchev–Trinajstić information content (AvgIpc) is 2.56. The number of carbonyl (C=O) groups is 1. The van der Waals surface area contributed by atoms with Crippen LogP contribution >= 0.6 is 0 Å². The van der Waals surface area contributed by atoms with Crippen molar-refractivity contribution in [3.8, 4) is 0 Å². The predicted octanol–water partition coefficient (Wildman–Crippen LogP) is 3.08. The van der Waals surface area contributed by atoms with Crippen molar-refractivity contribution >= 4 is 11.6 Å². The van der Waals surface area contributed by atoms with Gasteiger partial charge in [0.2, 0.25) is 5.91 Å². The highest BCUT2D eigenvalue weighted by Gasteiger charge is 2.19. The summed E-state index contributed by atoms with van der Waals surface area (Å²) in [5.74, 6) is -0.559. The molecule has 1 heterocycles. The third-order valence-electron chi connectivity index (χ3n) is 4.24. The zero-order valence-corrected chi connectivity index (χ0v) is 13.4. The van der Waals surface area contributed by atoms with Crippen LogP contribution in [0, 0.1) is 11.6 Å². The van der Waals surface area contributed by atoms with Crippen LogP contribution in [-0.2, 0) is 17.6 Å². The van der Waals surface area contributed by atoms with Crippen LogP contribution < -0.4 is 10.2 Å². The molecule has 0 spiro atoms. The SMILES string of the molecule is O=C(CN1CCCc2cc(F)ccc21)NCCc1ccc(F)cc1. The third-order valence-corrected chi connectivity index (χ3v) is 4.24. The van der Waals surface area contributed by atoms with E-state index in [1.807, 2.05) is 4.90 Å². The molecule has 3 nitrogen and oxygen atoms in total. The van der Waals surface area contributed by atoms with E-state index in [9.17, 15) is 13.6 Å². The number of fused-ring (bicyclic) bond motifs is 1. The Hall–Kier alpha value is -2.43. The molecule has 0 radical (unpaired) electrons. The highest BCUT2D eigenvalue weighted by molar-refractivity contribution is 5.81. The summed E-state index contributed by atoms with van der Waals surface area (Å²) in [5.41, 5.74) is 2.88. The molecule has 5 heteroatoms. The van der Waals surface area contributed by atoms with E-state index in [1.165, 1.54) is 18.2 Å². The lowest BCUT2D eigenvalue weighted by Gasteiger charge is -2.30. The smallest absolute Gasteiger partial charge is 0.239 e. The molecule has 3 rings (SSSR count). The minimum atomic E-state index is -0.261. The first-order valence-corrected chi connectivity index (χ1v) is 8.16. The number of amides is 1. The van der Waals surface area contributed by atoms with E-state index in [4.69, 9.17) is 0 Å². The van der Waals surface area contributed by atoms with E-state index in [0.717, 1.165) is 36.2 Å². The van der Waals surface area contributed by atoms with Crippen molar-refractivity contribution in [2.24, 2.45) is 0 Å². The van der Waals surface area contributed by atoms with Crippen LogP contribution in [-0.4, -0.2) is 25.5 Å². The van der Waals surface area contributed by atoms with Crippen LogP contribution in [0.3, 0.4) is 0 Å². The van der Waals surface area contributed by atoms with E-state index < -0.39 is 0 Å². The number of nitrogens with one attached hydrogen (secondary N) is 1. The molecule has 2 aromatic carbocycles. The third kappa shape index (κ3) is 4.10. The quantitative estimate of drug-likeness (QED) is 0.914. The number of benzene rings is 2. The number of anilines is 1. The zero-order valence-electron chi connectivity index (χ0n) is 13.4. The number of aryl methyl sites for hydroxylation is 1. The molecular weight excluding hydrogens is 310 g/mol. The largest absolute Gasteiger partial charge is 0.362 e. The van der Waals surface area contributed by atoms with Crippen LogP contribution in [0.4, 0.5) is 14.5 Å². The van der Waals surface area contributed by atoms with Crippen LogP contribution in [0.15, 0.2) is 42.5 Å². The second kappa shape index (κ2) is 7.43. The van der Waals surface area contributed by atoms with Crippen molar-refractivity contribution < 1.29 is 13.6 Å². The molecule has 1 amide bonds. The predicted molar refractivity (Wildman–Crippen MR) is 90.0 cm³/mol. The molecule has 1 aliphatic heterocycles. The Morgan fingerprint density at radius 1 is 1.08 bits per heavy atom. The molecule has 0 bridgehead atoms. The van der Waals surface area contributed by atoms with Gasteiger partial charge in [-0.2, -0.15) is 0 Å². The van der Waals surface area contributed by atoms with E-state index in [0.29, 0.717) is 13.0 Å². The standard InChI is InChI=1S/C19H20F2N2O/c20-16-5-3-14(4-6-16)9-10-22-19(24)13-23-11-1-2-15-12-17(21)7-8-18(15)23/h3-8,12H,1-2,9-11,13H2,(H,22,24). The molecule has 0 aromatic heterocycles. The first-order valence-electron chi connectivity index (χ1n) is 8.16. The molecule has 0 saturated heterocycles. The highest BCUT2D eigenvalue weighted by Crippen LogP contribution is 2.27. The van der Waals surface area contributed by atoms with Gasteiger partial charge in [-0.1, -0.05) is 12.1 Å². The van der Waals surface area contributed by atoms with Gasteiger partial charge in [0.1, 0.15) is 11.6 Å². The Labute approximate surface area is 140 Å². The van der Waals surface area contributed by atoms with Crippen LogP contribution in [0.5, 0.6) is 0 Å². The summed E-state index contributed by atoms with van der Waals surface area (Å²) in [5, 5.41) is 2.89. The second-order valence-corrected chi connectivity index (χ2v) is 6.02. The summed E-state index contributed by atoms with van der Waals surface area (Å²) >= 11 is 0. The molecular formula is C19H20F2N2O. The van der Waals surface area contributed by atoms with Crippen molar-refractivity contribution in [2.45, 2.75) is 19.3 Å². The van der Waals surface area contributed by atoms with Gasteiger partial charge in [-0.05, 0) is 60.7 Å². The summed E-state index contributed by atoms with van der Waals surface area (Å²) in [4.78, 5) is 14.1. The number of nitrogens with zero attached hydrogens (tertiary/aromatic N) is 1. The van der Waals surface area contributed by atoms with Gasteiger partial charge in [0, 0.05) is 18.8 Å². The molecule has 1 aliphatic rings. The minimum Gasteiger partial charge on any atom is -0.362 e. The van der Waals surface area contributed by atoms with Crippen LogP contribution in [0.25, 0.3) is 0 Å². The molecule has 24 heavy (non-hydrogen) atoms. The van der Waals surface area contributed by atoms with Crippen molar-refractivity contribution in [3.05, 3.63) is 65.2 Å². The monoisotopic (exact) mass is 330 g/mol. The van der Waals surface area contributed by atoms with Gasteiger partial charge >= 0.3 is 0 Å². The summed E-state index contributed by atoms with van der Waals surface area (Å²) in [7, 11) is 0. The number of rotatable bonds is 5. The van der Waals surface area contributed by atoms with Gasteiger partial charge in [-0.3, -0.25) is 4.79 Å². The molecule has 0 fully saturated rings. The Morgan fingerprint density at radius 2 is 1.83 bits per heavy atom. The van der Waals surface area contributed by atoms with E-state index in [1.54, 1.807) is 24.3 Å². The maximum Gasteiger partial charge on any atom is 0.239 e. The zero-order chi connectivity index (χ0) is 16.9. The lowest BCUT2D eigenvalue weighted by Crippen LogP contribution is -2.40. The topological polar surface area (TPSA) is 32.3 Å². The maximum absolute atomic E-state index is 13.3. The fourth-order valence-corrected chi connectivity index (χ4v) is 3.03. The molecule has 0 atom stereocenters. The van der Waals surface area contributed by atoms with E-state index >= 15 is 0 Å². The first kappa shape index (κ1) is 16.4. The number of carbonyl (C=O) groups excluding carboxylic acids is 1. The molecule has 0 saturated carbocycles. The van der Waals surface area contributed by atoms with Crippen molar-refractivity contribution in [2.75, 3.05) is 24.5 Å². The fraction of sp³-hybridized carbons (Fsp3) is 0.316. The summed E-state index contributed by atoms with van der Waals surface area (Å²) in [6.45, 7) is 1.57. The minimum absolute atomic E-state index is 0.0608. The number of hydrogen-bond donors (Lipinski definition) is 1. The Kier molecular flexibility index (Phi) is 5.08. The van der Waals surface area contributed by atoms with Crippen molar-refractivity contribution in [1.82, 2.24) is 5.32 Å². The lowest BCUT2D eigenvalue weighted by atomic mass is 10.0. The van der Waals surface area contributed by atoms with E-state index in [2.05, 4.69) is 5.32 Å². The highest BCUT2D eigenvalue weighted by atomic mass is 19.1. The molecule has 0 aliphatic carbocycles. The number of halogens is 2. The van der Waals surface area contributed by atoms with Crippen molar-refractivity contribution in [1.29, 1.82) is 0 Å². The molecule has 2 aromatic rings. The van der Waals surface area contributed by atoms with Crippen molar-refractivity contribution in [3.63, 3.8) is 0 Å². The summed E-state index contributed by atoms with van der Waals surface area (Å²) in [6.07, 6.45) is 2.42. The van der Waals surface area contributed by atoms with Gasteiger partial charge in [-0.25, -0.2) is 8.78 Å². The summed E-state index contributed by atoms with van der Waals surface area (Å²) in [6, 6.07) is 11.0. The van der Waals surface area contributed by atoms with Crippen LogP contribution in [0.1, 0.15) is 17.5 Å². The van der Waals surface area contributed by atoms with Gasteiger partial charge in [-0.15, -0.1) is 0 Å². The normalized spacial score (nSPS) is 13.5. The maximum atomic E-state index is 13.3. The van der Waals surface area contributed by atoms with Gasteiger partial charge < -0.3 is 10.2 Å². The van der Waals surface area contributed by atoms with Gasteiger partial charge in [0.15, 0.2) is 0 Å². The molecule has 0 unspecified atom stereocenters. The lowest BCUT2D eigenvalue weighted by molar-refractivity contribution is -0.119. The molecule has 126 valence electrons. The first-order chi connectivity index (χ1) is 11.6. The molecule has 1 N–H and O–H groups in total. The average molecular weight is 330 g/mol. The second-order valence-electron chi connectivity index (χ2n) is 6.02. The Balaban J connectivity index is 1.51.